The van der Waals surface area contributed by atoms with Crippen LogP contribution in [0.1, 0.15) is 38.4 Å². The maximum Gasteiger partial charge on any atom is 0.110 e. The molecule has 0 saturated heterocycles. The van der Waals surface area contributed by atoms with Crippen molar-refractivity contribution in [2.45, 2.75) is 51.6 Å². The molecule has 2 aromatic rings. The molecule has 1 heterocycles. The van der Waals surface area contributed by atoms with Gasteiger partial charge in [0.15, 0.2) is 0 Å². The van der Waals surface area contributed by atoms with Gasteiger partial charge in [-0.3, -0.25) is 0 Å². The Labute approximate surface area is 121 Å². The number of aromatic nitrogens is 2. The topological polar surface area (TPSA) is 29.9 Å². The lowest BCUT2D eigenvalue weighted by atomic mass is 9.83. The van der Waals surface area contributed by atoms with Crippen LogP contribution in [0.25, 0.3) is 11.0 Å². The molecule has 1 aromatic carbocycles. The monoisotopic (exact) mass is 271 g/mol. The standard InChI is InChI=1S/C17H25N3/c1-3-20-16-10-5-4-9-15(16)19-17(20)12-13-7-6-8-14(11-13)18-2/h4-5,9-10,13-14,18H,3,6-8,11-12H2,1-2H3. The SMILES string of the molecule is CCn1c(CC2CCCC(NC)C2)nc2ccccc21. The van der Waals surface area contributed by atoms with E-state index in [1.807, 2.05) is 0 Å². The van der Waals surface area contributed by atoms with Gasteiger partial charge >= 0.3 is 0 Å². The Balaban J connectivity index is 1.83. The molecule has 3 heteroatoms. The Morgan fingerprint density at radius 1 is 1.30 bits per heavy atom. The molecule has 1 fully saturated rings. The maximum absolute atomic E-state index is 4.87. The molecular weight excluding hydrogens is 246 g/mol. The van der Waals surface area contributed by atoms with Gasteiger partial charge in [-0.1, -0.05) is 18.6 Å². The van der Waals surface area contributed by atoms with Crippen LogP contribution in [-0.2, 0) is 13.0 Å². The second-order valence-electron chi connectivity index (χ2n) is 5.98. The Morgan fingerprint density at radius 2 is 2.15 bits per heavy atom. The summed E-state index contributed by atoms with van der Waals surface area (Å²) in [6, 6.07) is 9.21. The van der Waals surface area contributed by atoms with E-state index in [1.165, 1.54) is 37.0 Å². The van der Waals surface area contributed by atoms with Crippen LogP contribution in [-0.4, -0.2) is 22.6 Å². The molecule has 1 aliphatic carbocycles. The third kappa shape index (κ3) is 2.59. The fourth-order valence-corrected chi connectivity index (χ4v) is 3.63. The van der Waals surface area contributed by atoms with Crippen LogP contribution >= 0.6 is 0 Å². The third-order valence-corrected chi connectivity index (χ3v) is 4.71. The zero-order valence-electron chi connectivity index (χ0n) is 12.6. The third-order valence-electron chi connectivity index (χ3n) is 4.71. The largest absolute Gasteiger partial charge is 0.328 e. The molecule has 0 radical (unpaired) electrons. The van der Waals surface area contributed by atoms with E-state index in [4.69, 9.17) is 4.98 Å². The zero-order chi connectivity index (χ0) is 13.9. The summed E-state index contributed by atoms with van der Waals surface area (Å²) in [7, 11) is 2.09. The Bertz CT molecular complexity index is 573. The van der Waals surface area contributed by atoms with E-state index in [9.17, 15) is 0 Å². The van der Waals surface area contributed by atoms with Gasteiger partial charge in [0.25, 0.3) is 0 Å². The van der Waals surface area contributed by atoms with Gasteiger partial charge in [-0.15, -0.1) is 0 Å². The number of fused-ring (bicyclic) bond motifs is 1. The number of hydrogen-bond donors (Lipinski definition) is 1. The van der Waals surface area contributed by atoms with Crippen molar-refractivity contribution in [3.05, 3.63) is 30.1 Å². The van der Waals surface area contributed by atoms with Crippen molar-refractivity contribution in [3.63, 3.8) is 0 Å². The lowest BCUT2D eigenvalue weighted by Gasteiger charge is -2.28. The van der Waals surface area contributed by atoms with Gasteiger partial charge in [-0.05, 0) is 51.3 Å². The van der Waals surface area contributed by atoms with E-state index in [0.717, 1.165) is 24.4 Å². The first-order valence-corrected chi connectivity index (χ1v) is 7.93. The first-order chi connectivity index (χ1) is 9.81. The average molecular weight is 271 g/mol. The number of nitrogens with zero attached hydrogens (tertiary/aromatic N) is 2. The van der Waals surface area contributed by atoms with Crippen molar-refractivity contribution >= 4 is 11.0 Å². The fraction of sp³-hybridized carbons (Fsp3) is 0.588. The highest BCUT2D eigenvalue weighted by Crippen LogP contribution is 2.28. The first kappa shape index (κ1) is 13.6. The van der Waals surface area contributed by atoms with E-state index in [0.29, 0.717) is 6.04 Å². The molecule has 2 unspecified atom stereocenters. The van der Waals surface area contributed by atoms with Gasteiger partial charge < -0.3 is 9.88 Å². The normalized spacial score (nSPS) is 23.3. The second kappa shape index (κ2) is 5.96. The zero-order valence-corrected chi connectivity index (χ0v) is 12.6. The second-order valence-corrected chi connectivity index (χ2v) is 5.98. The Morgan fingerprint density at radius 3 is 2.95 bits per heavy atom. The van der Waals surface area contributed by atoms with Gasteiger partial charge in [0, 0.05) is 19.0 Å². The smallest absolute Gasteiger partial charge is 0.110 e. The van der Waals surface area contributed by atoms with Crippen LogP contribution in [0.5, 0.6) is 0 Å². The van der Waals surface area contributed by atoms with Gasteiger partial charge in [0.1, 0.15) is 5.82 Å². The predicted molar refractivity (Wildman–Crippen MR) is 83.9 cm³/mol. The molecule has 1 saturated carbocycles. The number of hydrogen-bond acceptors (Lipinski definition) is 2. The molecule has 1 aromatic heterocycles. The first-order valence-electron chi connectivity index (χ1n) is 7.93. The molecule has 0 spiro atoms. The fourth-order valence-electron chi connectivity index (χ4n) is 3.63. The highest BCUT2D eigenvalue weighted by molar-refractivity contribution is 5.75. The van der Waals surface area contributed by atoms with E-state index in [2.05, 4.69) is 48.1 Å². The minimum atomic E-state index is 0.702. The Hall–Kier alpha value is -1.35. The molecule has 3 nitrogen and oxygen atoms in total. The highest BCUT2D eigenvalue weighted by Gasteiger charge is 2.23. The summed E-state index contributed by atoms with van der Waals surface area (Å²) in [5.74, 6) is 2.05. The summed E-state index contributed by atoms with van der Waals surface area (Å²) >= 11 is 0. The van der Waals surface area contributed by atoms with Crippen molar-refractivity contribution in [3.8, 4) is 0 Å². The van der Waals surface area contributed by atoms with Crippen LogP contribution < -0.4 is 5.32 Å². The molecule has 0 amide bonds. The molecule has 108 valence electrons. The van der Waals surface area contributed by atoms with Crippen molar-refractivity contribution in [2.24, 2.45) is 5.92 Å². The lowest BCUT2D eigenvalue weighted by molar-refractivity contribution is 0.289. The number of para-hydroxylation sites is 2. The summed E-state index contributed by atoms with van der Waals surface area (Å²) in [5.41, 5.74) is 2.43. The molecule has 3 rings (SSSR count). The minimum Gasteiger partial charge on any atom is -0.328 e. The number of aryl methyl sites for hydroxylation is 1. The molecular formula is C17H25N3. The maximum atomic E-state index is 4.87. The lowest BCUT2D eigenvalue weighted by Crippen LogP contribution is -2.32. The van der Waals surface area contributed by atoms with E-state index < -0.39 is 0 Å². The van der Waals surface area contributed by atoms with Gasteiger partial charge in [0.2, 0.25) is 0 Å². The Kier molecular flexibility index (Phi) is 4.06. The molecule has 1 N–H and O–H groups in total. The van der Waals surface area contributed by atoms with E-state index in [1.54, 1.807) is 0 Å². The van der Waals surface area contributed by atoms with Crippen LogP contribution in [0.15, 0.2) is 24.3 Å². The predicted octanol–water partition coefficient (Wildman–Crippen LogP) is 3.38. The van der Waals surface area contributed by atoms with Crippen LogP contribution in [0.3, 0.4) is 0 Å². The van der Waals surface area contributed by atoms with Crippen molar-refractivity contribution in [1.29, 1.82) is 0 Å². The summed E-state index contributed by atoms with van der Waals surface area (Å²) in [6.07, 6.45) is 6.45. The van der Waals surface area contributed by atoms with Crippen LogP contribution in [0.4, 0.5) is 0 Å². The summed E-state index contributed by atoms with van der Waals surface area (Å²) in [6.45, 7) is 3.23. The highest BCUT2D eigenvalue weighted by atomic mass is 15.1. The summed E-state index contributed by atoms with van der Waals surface area (Å²) < 4.78 is 2.39. The summed E-state index contributed by atoms with van der Waals surface area (Å²) in [5, 5.41) is 3.45. The van der Waals surface area contributed by atoms with Crippen molar-refractivity contribution in [2.75, 3.05) is 7.05 Å². The molecule has 2 atom stereocenters. The molecule has 0 bridgehead atoms. The van der Waals surface area contributed by atoms with E-state index >= 15 is 0 Å². The van der Waals surface area contributed by atoms with Crippen LogP contribution in [0, 0.1) is 5.92 Å². The van der Waals surface area contributed by atoms with Gasteiger partial charge in [-0.2, -0.15) is 0 Å². The van der Waals surface area contributed by atoms with Crippen LogP contribution in [0.2, 0.25) is 0 Å². The van der Waals surface area contributed by atoms with Crippen molar-refractivity contribution < 1.29 is 0 Å². The quantitative estimate of drug-likeness (QED) is 0.924. The number of benzene rings is 1. The van der Waals surface area contributed by atoms with Gasteiger partial charge in [-0.25, -0.2) is 4.98 Å². The van der Waals surface area contributed by atoms with E-state index in [-0.39, 0.29) is 0 Å². The van der Waals surface area contributed by atoms with Crippen molar-refractivity contribution in [1.82, 2.24) is 14.9 Å². The van der Waals surface area contributed by atoms with Gasteiger partial charge in [0.05, 0.1) is 11.0 Å². The number of nitrogens with one attached hydrogen (secondary N) is 1. The average Bonchev–Trinajstić information content (AvgIpc) is 2.84. The number of rotatable bonds is 4. The molecule has 0 aliphatic heterocycles. The summed E-state index contributed by atoms with van der Waals surface area (Å²) in [4.78, 5) is 4.87. The minimum absolute atomic E-state index is 0.702. The molecule has 20 heavy (non-hydrogen) atoms. The number of imidazole rings is 1. The molecule has 1 aliphatic rings.